The standard InChI is InChI=1S/C39H79N2O6P/c1-6-8-10-12-14-16-18-19-20-21-22-23-24-26-28-30-32-38(42)37(36-47-48(44,45)46-35-34-41(3,4)5)40-39(43)33-31-29-27-25-17-15-13-11-9-7-2/h30,32,37-38,42H,6-29,31,33-36H2,1-5H3,(H-,40,43,44,45)/p+1/b32-30+/t37-,38+/m0/s1. The number of nitrogens with zero attached hydrogens (tertiary/aromatic N) is 1. The summed E-state index contributed by atoms with van der Waals surface area (Å²) in [6.07, 6.45) is 34.1. The van der Waals surface area contributed by atoms with E-state index in [-0.39, 0.29) is 19.1 Å². The number of quaternary nitrogens is 1. The van der Waals surface area contributed by atoms with Crippen molar-refractivity contribution in [1.82, 2.24) is 5.32 Å². The van der Waals surface area contributed by atoms with Crippen molar-refractivity contribution < 1.29 is 32.9 Å². The number of phosphoric ester groups is 1. The summed E-state index contributed by atoms with van der Waals surface area (Å²) in [7, 11) is 1.58. The summed E-state index contributed by atoms with van der Waals surface area (Å²) in [6, 6.07) is -0.837. The number of rotatable bonds is 36. The van der Waals surface area contributed by atoms with Crippen molar-refractivity contribution in [3.05, 3.63) is 12.2 Å². The van der Waals surface area contributed by atoms with Crippen LogP contribution in [0.1, 0.15) is 181 Å². The molecule has 0 aliphatic heterocycles. The third kappa shape index (κ3) is 33.7. The van der Waals surface area contributed by atoms with Gasteiger partial charge in [0.15, 0.2) is 0 Å². The Labute approximate surface area is 297 Å². The number of phosphoric acid groups is 1. The van der Waals surface area contributed by atoms with E-state index in [0.717, 1.165) is 38.5 Å². The minimum absolute atomic E-state index is 0.0642. The highest BCUT2D eigenvalue weighted by Crippen LogP contribution is 2.43. The van der Waals surface area contributed by atoms with Gasteiger partial charge < -0.3 is 19.8 Å². The zero-order chi connectivity index (χ0) is 35.8. The molecule has 0 heterocycles. The van der Waals surface area contributed by atoms with E-state index in [0.29, 0.717) is 17.4 Å². The SMILES string of the molecule is CCCCCCCCCCCCCCCC/C=C/[C@@H](O)[C@H](COP(=O)(O)OCC[N+](C)(C)C)NC(=O)CCCCCCCCCCCC. The molecule has 8 nitrogen and oxygen atoms in total. The third-order valence-corrected chi connectivity index (χ3v) is 9.99. The summed E-state index contributed by atoms with van der Waals surface area (Å²) in [5.74, 6) is -0.179. The number of nitrogens with one attached hydrogen (secondary N) is 1. The Bertz CT molecular complexity index is 804. The van der Waals surface area contributed by atoms with Crippen molar-refractivity contribution in [2.75, 3.05) is 40.9 Å². The van der Waals surface area contributed by atoms with E-state index in [1.807, 2.05) is 27.2 Å². The molecule has 0 saturated heterocycles. The molecule has 1 unspecified atom stereocenters. The van der Waals surface area contributed by atoms with Gasteiger partial charge in [-0.1, -0.05) is 167 Å². The fourth-order valence-corrected chi connectivity index (χ4v) is 6.48. The lowest BCUT2D eigenvalue weighted by Crippen LogP contribution is -2.45. The highest BCUT2D eigenvalue weighted by molar-refractivity contribution is 7.47. The smallest absolute Gasteiger partial charge is 0.387 e. The molecule has 3 atom stereocenters. The van der Waals surface area contributed by atoms with Gasteiger partial charge in [-0.25, -0.2) is 4.57 Å². The number of aliphatic hydroxyl groups is 1. The van der Waals surface area contributed by atoms with Crippen molar-refractivity contribution in [1.29, 1.82) is 0 Å². The summed E-state index contributed by atoms with van der Waals surface area (Å²) in [5, 5.41) is 13.8. The van der Waals surface area contributed by atoms with Gasteiger partial charge in [0.1, 0.15) is 13.2 Å². The van der Waals surface area contributed by atoms with E-state index in [4.69, 9.17) is 9.05 Å². The number of amides is 1. The summed E-state index contributed by atoms with van der Waals surface area (Å²) in [6.45, 7) is 4.79. The zero-order valence-electron chi connectivity index (χ0n) is 32.2. The van der Waals surface area contributed by atoms with Crippen molar-refractivity contribution in [3.63, 3.8) is 0 Å². The Kier molecular flexibility index (Phi) is 31.7. The number of hydrogen-bond acceptors (Lipinski definition) is 5. The van der Waals surface area contributed by atoms with Crippen molar-refractivity contribution >= 4 is 13.7 Å². The van der Waals surface area contributed by atoms with Crippen LogP contribution in [-0.4, -0.2) is 73.4 Å². The van der Waals surface area contributed by atoms with Gasteiger partial charge in [0, 0.05) is 6.42 Å². The fraction of sp³-hybridized carbons (Fsp3) is 0.923. The van der Waals surface area contributed by atoms with Crippen molar-refractivity contribution in [3.8, 4) is 0 Å². The number of carbonyl (C=O) groups excluding carboxylic acids is 1. The molecule has 48 heavy (non-hydrogen) atoms. The maximum absolute atomic E-state index is 12.8. The molecule has 0 saturated carbocycles. The molecule has 286 valence electrons. The second kappa shape index (κ2) is 32.2. The van der Waals surface area contributed by atoms with E-state index >= 15 is 0 Å². The van der Waals surface area contributed by atoms with Crippen LogP contribution in [0.3, 0.4) is 0 Å². The molecule has 0 aliphatic carbocycles. The topological polar surface area (TPSA) is 105 Å². The highest BCUT2D eigenvalue weighted by Gasteiger charge is 2.27. The molecule has 0 rings (SSSR count). The van der Waals surface area contributed by atoms with Crippen LogP contribution in [0.5, 0.6) is 0 Å². The van der Waals surface area contributed by atoms with Gasteiger partial charge >= 0.3 is 7.82 Å². The van der Waals surface area contributed by atoms with Crippen LogP contribution < -0.4 is 5.32 Å². The lowest BCUT2D eigenvalue weighted by atomic mass is 10.0. The van der Waals surface area contributed by atoms with Crippen molar-refractivity contribution in [2.24, 2.45) is 0 Å². The molecule has 0 aliphatic rings. The van der Waals surface area contributed by atoms with Gasteiger partial charge in [0.25, 0.3) is 0 Å². The molecular formula is C39H80N2O6P+. The predicted molar refractivity (Wildman–Crippen MR) is 203 cm³/mol. The first kappa shape index (κ1) is 47.2. The zero-order valence-corrected chi connectivity index (χ0v) is 33.1. The second-order valence-electron chi connectivity index (χ2n) is 15.0. The Morgan fingerprint density at radius 3 is 1.54 bits per heavy atom. The number of carbonyl (C=O) groups is 1. The molecule has 0 aromatic heterocycles. The van der Waals surface area contributed by atoms with E-state index in [1.54, 1.807) is 6.08 Å². The van der Waals surface area contributed by atoms with Crippen LogP contribution in [0.25, 0.3) is 0 Å². The lowest BCUT2D eigenvalue weighted by Gasteiger charge is -2.25. The molecule has 0 aromatic rings. The Hall–Kier alpha value is -0.760. The Balaban J connectivity index is 4.47. The van der Waals surface area contributed by atoms with E-state index in [2.05, 4.69) is 19.2 Å². The molecule has 0 fully saturated rings. The maximum atomic E-state index is 12.8. The molecule has 0 radical (unpaired) electrons. The average Bonchev–Trinajstić information content (AvgIpc) is 3.02. The molecule has 3 N–H and O–H groups in total. The maximum Gasteiger partial charge on any atom is 0.472 e. The van der Waals surface area contributed by atoms with Gasteiger partial charge in [-0.05, 0) is 19.3 Å². The molecule has 0 bridgehead atoms. The van der Waals surface area contributed by atoms with Gasteiger partial charge in [0.05, 0.1) is 39.9 Å². The van der Waals surface area contributed by atoms with Crippen LogP contribution >= 0.6 is 7.82 Å². The molecule has 1 amide bonds. The number of unbranched alkanes of at least 4 members (excludes halogenated alkanes) is 23. The summed E-state index contributed by atoms with van der Waals surface area (Å²) in [5.41, 5.74) is 0. The minimum atomic E-state index is -4.32. The van der Waals surface area contributed by atoms with Gasteiger partial charge in [0.2, 0.25) is 5.91 Å². The first-order chi connectivity index (χ1) is 23.0. The Morgan fingerprint density at radius 2 is 1.10 bits per heavy atom. The third-order valence-electron chi connectivity index (χ3n) is 9.01. The van der Waals surface area contributed by atoms with Crippen molar-refractivity contribution in [2.45, 2.75) is 193 Å². The molecule has 9 heteroatoms. The molecule has 0 aromatic carbocycles. The quantitative estimate of drug-likeness (QED) is 0.0260. The van der Waals surface area contributed by atoms with Gasteiger partial charge in [-0.2, -0.15) is 0 Å². The van der Waals surface area contributed by atoms with Crippen LogP contribution in [0.4, 0.5) is 0 Å². The monoisotopic (exact) mass is 704 g/mol. The summed E-state index contributed by atoms with van der Waals surface area (Å²) in [4.78, 5) is 23.0. The highest BCUT2D eigenvalue weighted by atomic mass is 31.2. The lowest BCUT2D eigenvalue weighted by molar-refractivity contribution is -0.870. The molecule has 0 spiro atoms. The first-order valence-corrected chi connectivity index (χ1v) is 21.6. The second-order valence-corrected chi connectivity index (χ2v) is 16.5. The van der Waals surface area contributed by atoms with E-state index < -0.39 is 20.0 Å². The minimum Gasteiger partial charge on any atom is -0.387 e. The average molecular weight is 704 g/mol. The van der Waals surface area contributed by atoms with Gasteiger partial charge in [-0.3, -0.25) is 13.8 Å². The summed E-state index contributed by atoms with van der Waals surface area (Å²) < 4.78 is 23.5. The number of aliphatic hydroxyl groups excluding tert-OH is 1. The van der Waals surface area contributed by atoms with E-state index in [9.17, 15) is 19.4 Å². The van der Waals surface area contributed by atoms with Crippen LogP contribution in [-0.2, 0) is 18.4 Å². The summed E-state index contributed by atoms with van der Waals surface area (Å²) >= 11 is 0. The normalized spacial score (nSPS) is 14.7. The number of likely N-dealkylation sites (N-methyl/N-ethyl adjacent to an activating group) is 1. The van der Waals surface area contributed by atoms with Crippen LogP contribution in [0.2, 0.25) is 0 Å². The molecular weight excluding hydrogens is 623 g/mol. The van der Waals surface area contributed by atoms with Gasteiger partial charge in [-0.15, -0.1) is 0 Å². The largest absolute Gasteiger partial charge is 0.472 e. The fourth-order valence-electron chi connectivity index (χ4n) is 5.75. The number of hydrogen-bond donors (Lipinski definition) is 3. The Morgan fingerprint density at radius 1 is 0.688 bits per heavy atom. The predicted octanol–water partition coefficient (Wildman–Crippen LogP) is 10.4. The van der Waals surface area contributed by atoms with Crippen LogP contribution in [0.15, 0.2) is 12.2 Å². The van der Waals surface area contributed by atoms with Crippen LogP contribution in [0, 0.1) is 0 Å². The van der Waals surface area contributed by atoms with E-state index in [1.165, 1.54) is 122 Å². The first-order valence-electron chi connectivity index (χ1n) is 20.1. The number of allylic oxidation sites excluding steroid dienone is 1.